The average molecular weight is 698 g/mol. The highest BCUT2D eigenvalue weighted by atomic mass is 32.2. The number of benzene rings is 1. The molecule has 49 heavy (non-hydrogen) atoms. The van der Waals surface area contributed by atoms with Crippen LogP contribution < -0.4 is 15.4 Å². The van der Waals surface area contributed by atoms with Crippen LogP contribution in [0.5, 0.6) is 0 Å². The van der Waals surface area contributed by atoms with E-state index in [9.17, 15) is 27.6 Å². The van der Waals surface area contributed by atoms with Crippen molar-refractivity contribution in [3.8, 4) is 0 Å². The van der Waals surface area contributed by atoms with Crippen molar-refractivity contribution < 1.29 is 32.3 Å². The van der Waals surface area contributed by atoms with Gasteiger partial charge in [-0.3, -0.25) is 19.1 Å². The van der Waals surface area contributed by atoms with Crippen LogP contribution in [0.15, 0.2) is 24.3 Å². The van der Waals surface area contributed by atoms with Crippen LogP contribution in [0.25, 0.3) is 11.0 Å². The van der Waals surface area contributed by atoms with E-state index in [1.54, 1.807) is 25.6 Å². The fourth-order valence-electron chi connectivity index (χ4n) is 6.75. The molecule has 1 saturated heterocycles. The highest BCUT2D eigenvalue weighted by molar-refractivity contribution is 7.91. The summed E-state index contributed by atoms with van der Waals surface area (Å²) in [5.74, 6) is -2.20. The molecule has 5 atom stereocenters. The first-order chi connectivity index (χ1) is 23.1. The van der Waals surface area contributed by atoms with Crippen LogP contribution in [-0.2, 0) is 29.1 Å². The second-order valence-corrected chi connectivity index (χ2v) is 17.0. The SMILES string of the molecule is Cc1cc2nn([C@@H]3C[C@H]4C(=O)N[C@]5(C(=O)NS(=O)(=O)C6CC6)C[C@H]5/C=C/CCCCC[C@@H](NC(=O)OC(C)(C)C)C(=O)N4C3)nc2cc1C. The number of hydrogen-bond donors (Lipinski definition) is 3. The van der Waals surface area contributed by atoms with E-state index in [-0.39, 0.29) is 19.4 Å². The molecule has 0 spiro atoms. The molecule has 14 nitrogen and oxygen atoms in total. The number of nitrogens with one attached hydrogen (secondary N) is 3. The minimum Gasteiger partial charge on any atom is -0.444 e. The molecule has 4 amide bonds. The molecule has 3 N–H and O–H groups in total. The minimum atomic E-state index is -3.86. The maximum absolute atomic E-state index is 14.4. The number of fused-ring (bicyclic) bond motifs is 3. The number of amides is 4. The standard InChI is InChI=1S/C34H47N7O7S/c1-20-15-26-27(16-21(20)2)38-41(37-26)23-17-28-29(42)36-34(31(44)39-49(46,47)24-13-14-24)18-22(34)11-9-7-6-8-10-12-25(30(43)40(28)19-23)35-32(45)48-33(3,4)5/h9,11,15-16,22-25,28H,6-8,10,12-14,17-19H2,1-5H3,(H,35,45)(H,36,42)(H,39,44)/b11-9+/t22-,23-,25-,28+,34-/m1/s1. The van der Waals surface area contributed by atoms with Gasteiger partial charge in [-0.05, 0) is 96.4 Å². The maximum Gasteiger partial charge on any atom is 0.408 e. The number of carbonyl (C=O) groups excluding carboxylic acids is 4. The highest BCUT2D eigenvalue weighted by Gasteiger charge is 2.62. The van der Waals surface area contributed by atoms with Crippen molar-refractivity contribution in [1.82, 2.24) is 35.2 Å². The maximum atomic E-state index is 14.4. The molecule has 0 bridgehead atoms. The predicted molar refractivity (Wildman–Crippen MR) is 181 cm³/mol. The monoisotopic (exact) mass is 697 g/mol. The first-order valence-electron chi connectivity index (χ1n) is 17.2. The quantitative estimate of drug-likeness (QED) is 0.396. The van der Waals surface area contributed by atoms with Crippen molar-refractivity contribution in [3.05, 3.63) is 35.4 Å². The number of carbonyl (C=O) groups is 4. The number of allylic oxidation sites excluding steroid dienone is 1. The summed E-state index contributed by atoms with van der Waals surface area (Å²) in [5.41, 5.74) is 1.24. The average Bonchev–Trinajstić information content (AvgIpc) is 3.89. The van der Waals surface area contributed by atoms with Crippen LogP contribution in [-0.4, -0.2) is 87.1 Å². The van der Waals surface area contributed by atoms with Crippen LogP contribution >= 0.6 is 0 Å². The van der Waals surface area contributed by atoms with Gasteiger partial charge in [0.05, 0.1) is 11.3 Å². The Morgan fingerprint density at radius 3 is 2.33 bits per heavy atom. The van der Waals surface area contributed by atoms with Crippen LogP contribution in [0.3, 0.4) is 0 Å². The lowest BCUT2D eigenvalue weighted by Gasteiger charge is -2.30. The number of sulfonamides is 1. The molecule has 1 aromatic heterocycles. The third-order valence-corrected chi connectivity index (χ3v) is 11.7. The zero-order valence-electron chi connectivity index (χ0n) is 28.8. The first-order valence-corrected chi connectivity index (χ1v) is 18.8. The molecule has 15 heteroatoms. The highest BCUT2D eigenvalue weighted by Crippen LogP contribution is 2.46. The summed E-state index contributed by atoms with van der Waals surface area (Å²) in [6.07, 6.45) is 7.74. The summed E-state index contributed by atoms with van der Waals surface area (Å²) in [6, 6.07) is 1.40. The molecule has 1 aromatic carbocycles. The lowest BCUT2D eigenvalue weighted by molar-refractivity contribution is -0.141. The molecule has 2 aliphatic heterocycles. The zero-order chi connectivity index (χ0) is 35.3. The van der Waals surface area contributed by atoms with Gasteiger partial charge in [0.25, 0.3) is 5.91 Å². The Balaban J connectivity index is 1.33. The van der Waals surface area contributed by atoms with E-state index in [1.807, 2.05) is 38.1 Å². The summed E-state index contributed by atoms with van der Waals surface area (Å²) in [7, 11) is -3.86. The summed E-state index contributed by atoms with van der Waals surface area (Å²) in [5, 5.41) is 14.4. The van der Waals surface area contributed by atoms with Crippen molar-refractivity contribution in [1.29, 1.82) is 0 Å². The minimum absolute atomic E-state index is 0.0843. The topological polar surface area (TPSA) is 182 Å². The molecule has 3 fully saturated rings. The van der Waals surface area contributed by atoms with E-state index in [1.165, 1.54) is 4.90 Å². The van der Waals surface area contributed by atoms with Gasteiger partial charge in [-0.25, -0.2) is 13.2 Å². The molecule has 0 unspecified atom stereocenters. The Hall–Kier alpha value is -4.01. The number of nitrogens with zero attached hydrogens (tertiary/aromatic N) is 4. The van der Waals surface area contributed by atoms with Gasteiger partial charge in [0.2, 0.25) is 21.8 Å². The Kier molecular flexibility index (Phi) is 9.26. The Labute approximate surface area is 286 Å². The number of ether oxygens (including phenoxy) is 1. The van der Waals surface area contributed by atoms with Crippen molar-refractivity contribution in [2.24, 2.45) is 5.92 Å². The normalized spacial score (nSPS) is 28.8. The van der Waals surface area contributed by atoms with Gasteiger partial charge >= 0.3 is 6.09 Å². The molecule has 266 valence electrons. The number of rotatable bonds is 5. The molecule has 4 aliphatic rings. The number of aromatic nitrogens is 3. The number of alkyl carbamates (subject to hydrolysis) is 1. The van der Waals surface area contributed by atoms with Gasteiger partial charge in [-0.1, -0.05) is 25.0 Å². The van der Waals surface area contributed by atoms with Gasteiger partial charge in [0.1, 0.15) is 34.3 Å². The molecule has 6 rings (SSSR count). The van der Waals surface area contributed by atoms with Crippen molar-refractivity contribution in [2.75, 3.05) is 6.54 Å². The molecule has 2 saturated carbocycles. The summed E-state index contributed by atoms with van der Waals surface area (Å²) in [4.78, 5) is 58.2. The molecule has 0 radical (unpaired) electrons. The Bertz CT molecular complexity index is 1760. The lowest BCUT2D eigenvalue weighted by Crippen LogP contribution is -2.58. The van der Waals surface area contributed by atoms with E-state index in [0.717, 1.165) is 24.0 Å². The van der Waals surface area contributed by atoms with Crippen LogP contribution in [0.4, 0.5) is 4.79 Å². The van der Waals surface area contributed by atoms with E-state index in [0.29, 0.717) is 43.1 Å². The second-order valence-electron chi connectivity index (χ2n) is 15.1. The van der Waals surface area contributed by atoms with Crippen LogP contribution in [0.1, 0.15) is 95.7 Å². The van der Waals surface area contributed by atoms with Gasteiger partial charge in [0, 0.05) is 18.9 Å². The van der Waals surface area contributed by atoms with E-state index in [2.05, 4.69) is 15.4 Å². The second kappa shape index (κ2) is 13.0. The van der Waals surface area contributed by atoms with Gasteiger partial charge in [-0.2, -0.15) is 15.0 Å². The summed E-state index contributed by atoms with van der Waals surface area (Å²) in [6.45, 7) is 9.27. The van der Waals surface area contributed by atoms with E-state index in [4.69, 9.17) is 14.9 Å². The van der Waals surface area contributed by atoms with Gasteiger partial charge in [-0.15, -0.1) is 0 Å². The first kappa shape index (κ1) is 34.8. The van der Waals surface area contributed by atoms with E-state index >= 15 is 0 Å². The molecular formula is C34H47N7O7S. The third kappa shape index (κ3) is 7.60. The Morgan fingerprint density at radius 2 is 1.69 bits per heavy atom. The lowest BCUT2D eigenvalue weighted by atomic mass is 10.0. The van der Waals surface area contributed by atoms with Crippen LogP contribution in [0, 0.1) is 19.8 Å². The van der Waals surface area contributed by atoms with Crippen molar-refractivity contribution >= 4 is 44.9 Å². The van der Waals surface area contributed by atoms with Crippen LogP contribution in [0.2, 0.25) is 0 Å². The van der Waals surface area contributed by atoms with Gasteiger partial charge in [0.15, 0.2) is 0 Å². The fraction of sp³-hybridized carbons (Fsp3) is 0.647. The molecular weight excluding hydrogens is 650 g/mol. The summed E-state index contributed by atoms with van der Waals surface area (Å²) >= 11 is 0. The van der Waals surface area contributed by atoms with E-state index < -0.39 is 74.3 Å². The molecule has 3 heterocycles. The zero-order valence-corrected chi connectivity index (χ0v) is 29.6. The number of hydrogen-bond acceptors (Lipinski definition) is 9. The molecule has 2 aliphatic carbocycles. The Morgan fingerprint density at radius 1 is 1.02 bits per heavy atom. The largest absolute Gasteiger partial charge is 0.444 e. The smallest absolute Gasteiger partial charge is 0.408 e. The van der Waals surface area contributed by atoms with Gasteiger partial charge < -0.3 is 20.3 Å². The third-order valence-electron chi connectivity index (χ3n) is 9.89. The summed E-state index contributed by atoms with van der Waals surface area (Å²) < 4.78 is 33.2. The fourth-order valence-corrected chi connectivity index (χ4v) is 8.11. The predicted octanol–water partition coefficient (Wildman–Crippen LogP) is 3.09. The molecule has 2 aromatic rings. The van der Waals surface area contributed by atoms with Crippen molar-refractivity contribution in [3.63, 3.8) is 0 Å². The number of aryl methyl sites for hydroxylation is 2. The van der Waals surface area contributed by atoms with Crippen molar-refractivity contribution in [2.45, 2.75) is 127 Å².